The molecule has 5 rings (SSSR count). The number of aromatic nitrogens is 2. The Morgan fingerprint density at radius 3 is 2.18 bits per heavy atom. The van der Waals surface area contributed by atoms with Gasteiger partial charge in [-0.05, 0) is 57.7 Å². The number of aliphatic imine (C=N–C) groups is 1. The van der Waals surface area contributed by atoms with E-state index in [1.165, 1.54) is 19.3 Å². The molecular formula is C24H37N7OS. The standard InChI is InChI=1S/C21H28N6OS.C3H9N/c1-24-20(9-10-23-24)17-5-7-19(8-6-17)29(28)27-12-11-22-21(27)26-15-13-25(14-16-26)18-3-2-4-18;1-4(2)3/h5-10,18H,2-4,11-16H2,1H3;1-3H3. The van der Waals surface area contributed by atoms with Crippen LogP contribution in [-0.4, -0.2) is 105 Å². The first-order valence-electron chi connectivity index (χ1n) is 11.9. The van der Waals surface area contributed by atoms with Gasteiger partial charge in [-0.2, -0.15) is 5.10 Å². The van der Waals surface area contributed by atoms with Crippen LogP contribution in [0.2, 0.25) is 0 Å². The fraction of sp³-hybridized carbons (Fsp3) is 0.583. The average Bonchev–Trinajstić information content (AvgIpc) is 3.42. The SMILES string of the molecule is CN(C)C.Cn1nccc1-c1ccc(S(=O)N2CCN=C2N2CCN(C3CCC3)CC2)cc1. The van der Waals surface area contributed by atoms with Crippen molar-refractivity contribution in [2.75, 3.05) is 60.4 Å². The summed E-state index contributed by atoms with van der Waals surface area (Å²) in [5.74, 6) is 0.910. The number of aryl methyl sites for hydroxylation is 1. The van der Waals surface area contributed by atoms with Crippen LogP contribution in [0.1, 0.15) is 19.3 Å². The summed E-state index contributed by atoms with van der Waals surface area (Å²) >= 11 is 0. The normalized spacial score (nSPS) is 20.3. The fourth-order valence-corrected chi connectivity index (χ4v) is 5.59. The van der Waals surface area contributed by atoms with E-state index < -0.39 is 11.0 Å². The molecule has 0 bridgehead atoms. The Hall–Kier alpha value is -2.23. The predicted octanol–water partition coefficient (Wildman–Crippen LogP) is 2.13. The van der Waals surface area contributed by atoms with Gasteiger partial charge in [-0.15, -0.1) is 0 Å². The molecule has 0 radical (unpaired) electrons. The minimum Gasteiger partial charge on any atom is -0.339 e. The van der Waals surface area contributed by atoms with Crippen molar-refractivity contribution in [1.82, 2.24) is 28.8 Å². The highest BCUT2D eigenvalue weighted by Crippen LogP contribution is 2.27. The summed E-state index contributed by atoms with van der Waals surface area (Å²) in [7, 11) is 6.70. The number of rotatable bonds is 4. The van der Waals surface area contributed by atoms with Crippen molar-refractivity contribution < 1.29 is 4.21 Å². The van der Waals surface area contributed by atoms with Crippen LogP contribution < -0.4 is 0 Å². The molecule has 1 saturated heterocycles. The number of guanidine groups is 1. The molecule has 1 unspecified atom stereocenters. The zero-order valence-corrected chi connectivity index (χ0v) is 21.2. The van der Waals surface area contributed by atoms with Gasteiger partial charge in [-0.3, -0.25) is 18.9 Å². The Balaban J connectivity index is 0.000000601. The first kappa shape index (κ1) is 23.9. The Morgan fingerprint density at radius 1 is 0.970 bits per heavy atom. The molecule has 2 fully saturated rings. The monoisotopic (exact) mass is 471 g/mol. The lowest BCUT2D eigenvalue weighted by Crippen LogP contribution is -2.55. The number of nitrogens with zero attached hydrogens (tertiary/aromatic N) is 7. The van der Waals surface area contributed by atoms with Crippen LogP contribution in [0.3, 0.4) is 0 Å². The second-order valence-electron chi connectivity index (χ2n) is 9.35. The topological polar surface area (TPSA) is 60.2 Å². The van der Waals surface area contributed by atoms with Crippen LogP contribution in [0, 0.1) is 0 Å². The summed E-state index contributed by atoms with van der Waals surface area (Å²) in [4.78, 5) is 12.5. The Morgan fingerprint density at radius 2 is 1.64 bits per heavy atom. The van der Waals surface area contributed by atoms with Crippen molar-refractivity contribution in [2.24, 2.45) is 12.0 Å². The molecule has 3 heterocycles. The summed E-state index contributed by atoms with van der Waals surface area (Å²) < 4.78 is 17.1. The highest BCUT2D eigenvalue weighted by Gasteiger charge is 2.33. The maximum atomic E-state index is 13.3. The quantitative estimate of drug-likeness (QED) is 0.684. The van der Waals surface area contributed by atoms with Gasteiger partial charge in [0.15, 0.2) is 11.0 Å². The van der Waals surface area contributed by atoms with E-state index in [0.717, 1.165) is 60.9 Å². The number of benzene rings is 1. The summed E-state index contributed by atoms with van der Waals surface area (Å²) in [5, 5.41) is 4.22. The van der Waals surface area contributed by atoms with Gasteiger partial charge in [-0.25, -0.2) is 4.21 Å². The van der Waals surface area contributed by atoms with Gasteiger partial charge < -0.3 is 9.80 Å². The lowest BCUT2D eigenvalue weighted by atomic mass is 9.91. The van der Waals surface area contributed by atoms with Gasteiger partial charge in [0.05, 0.1) is 23.7 Å². The highest BCUT2D eigenvalue weighted by atomic mass is 32.2. The predicted molar refractivity (Wildman–Crippen MR) is 134 cm³/mol. The molecule has 1 aromatic carbocycles. The minimum atomic E-state index is -1.23. The summed E-state index contributed by atoms with van der Waals surface area (Å²) in [6.45, 7) is 5.56. The van der Waals surface area contributed by atoms with Gasteiger partial charge in [0, 0.05) is 45.5 Å². The van der Waals surface area contributed by atoms with Crippen molar-refractivity contribution in [2.45, 2.75) is 30.2 Å². The molecule has 1 saturated carbocycles. The summed E-state index contributed by atoms with van der Waals surface area (Å²) in [5.41, 5.74) is 2.13. The fourth-order valence-electron chi connectivity index (χ4n) is 4.40. The summed E-state index contributed by atoms with van der Waals surface area (Å²) in [6, 6.07) is 10.8. The van der Waals surface area contributed by atoms with Crippen molar-refractivity contribution in [3.05, 3.63) is 36.5 Å². The molecule has 33 heavy (non-hydrogen) atoms. The van der Waals surface area contributed by atoms with Crippen molar-refractivity contribution >= 4 is 16.9 Å². The zero-order chi connectivity index (χ0) is 23.4. The van der Waals surface area contributed by atoms with Crippen LogP contribution in [0.5, 0.6) is 0 Å². The third kappa shape index (κ3) is 5.65. The van der Waals surface area contributed by atoms with Crippen LogP contribution in [0.25, 0.3) is 11.3 Å². The molecule has 0 amide bonds. The van der Waals surface area contributed by atoms with E-state index in [1.807, 2.05) is 72.4 Å². The van der Waals surface area contributed by atoms with E-state index in [4.69, 9.17) is 4.99 Å². The Labute approximate surface area is 200 Å². The summed E-state index contributed by atoms with van der Waals surface area (Å²) in [6.07, 6.45) is 5.88. The lowest BCUT2D eigenvalue weighted by Gasteiger charge is -2.44. The van der Waals surface area contributed by atoms with E-state index in [2.05, 4.69) is 14.9 Å². The molecule has 1 aromatic heterocycles. The molecular weight excluding hydrogens is 434 g/mol. The van der Waals surface area contributed by atoms with Gasteiger partial charge in [0.25, 0.3) is 0 Å². The van der Waals surface area contributed by atoms with Gasteiger partial charge in [0.1, 0.15) is 0 Å². The number of hydrogen-bond donors (Lipinski definition) is 0. The molecule has 9 heteroatoms. The average molecular weight is 472 g/mol. The third-order valence-electron chi connectivity index (χ3n) is 6.34. The Bertz CT molecular complexity index is 957. The number of hydrogen-bond acceptors (Lipinski definition) is 6. The highest BCUT2D eigenvalue weighted by molar-refractivity contribution is 7.83. The first-order chi connectivity index (χ1) is 15.9. The molecule has 1 atom stereocenters. The molecule has 1 aliphatic carbocycles. The Kier molecular flexibility index (Phi) is 7.82. The third-order valence-corrected chi connectivity index (χ3v) is 7.76. The minimum absolute atomic E-state index is 0.717. The van der Waals surface area contributed by atoms with Gasteiger partial charge in [0.2, 0.25) is 5.96 Å². The van der Waals surface area contributed by atoms with Crippen molar-refractivity contribution in [1.29, 1.82) is 0 Å². The van der Waals surface area contributed by atoms with E-state index in [-0.39, 0.29) is 0 Å². The maximum Gasteiger partial charge on any atom is 0.209 e. The van der Waals surface area contributed by atoms with E-state index in [0.29, 0.717) is 6.54 Å². The molecule has 0 N–H and O–H groups in total. The van der Waals surface area contributed by atoms with E-state index in [1.54, 1.807) is 6.20 Å². The molecule has 0 spiro atoms. The van der Waals surface area contributed by atoms with Gasteiger partial charge >= 0.3 is 0 Å². The smallest absolute Gasteiger partial charge is 0.209 e. The molecule has 180 valence electrons. The molecule has 2 aromatic rings. The largest absolute Gasteiger partial charge is 0.339 e. The van der Waals surface area contributed by atoms with Crippen LogP contribution in [0.4, 0.5) is 0 Å². The van der Waals surface area contributed by atoms with Crippen LogP contribution in [-0.2, 0) is 18.0 Å². The second kappa shape index (κ2) is 10.8. The molecule has 2 aliphatic heterocycles. The van der Waals surface area contributed by atoms with E-state index in [9.17, 15) is 4.21 Å². The molecule has 3 aliphatic rings. The van der Waals surface area contributed by atoms with Gasteiger partial charge in [-0.1, -0.05) is 18.6 Å². The maximum absolute atomic E-state index is 13.3. The first-order valence-corrected chi connectivity index (χ1v) is 13.0. The van der Waals surface area contributed by atoms with Crippen molar-refractivity contribution in [3.8, 4) is 11.3 Å². The second-order valence-corrected chi connectivity index (χ2v) is 10.8. The van der Waals surface area contributed by atoms with Crippen LogP contribution >= 0.6 is 0 Å². The van der Waals surface area contributed by atoms with E-state index >= 15 is 0 Å². The number of piperazine rings is 1. The van der Waals surface area contributed by atoms with Crippen LogP contribution in [0.15, 0.2) is 46.4 Å². The zero-order valence-electron chi connectivity index (χ0n) is 20.4. The lowest BCUT2D eigenvalue weighted by molar-refractivity contribution is 0.0834. The van der Waals surface area contributed by atoms with Crippen molar-refractivity contribution in [3.63, 3.8) is 0 Å². The molecule has 8 nitrogen and oxygen atoms in total.